The summed E-state index contributed by atoms with van der Waals surface area (Å²) in [5.74, 6) is 0.220. The van der Waals surface area contributed by atoms with Crippen LogP contribution in [0, 0.1) is 11.8 Å². The molecular weight excluding hydrogens is 156 g/mol. The fraction of sp³-hybridized carbons (Fsp3) is 0.889. The third-order valence-electron chi connectivity index (χ3n) is 2.22. The molecule has 0 N–H and O–H groups in total. The van der Waals surface area contributed by atoms with Crippen molar-refractivity contribution in [3.63, 3.8) is 0 Å². The molecule has 1 aliphatic carbocycles. The van der Waals surface area contributed by atoms with Crippen LogP contribution in [0.1, 0.15) is 20.8 Å². The van der Waals surface area contributed by atoms with Gasteiger partial charge in [0.2, 0.25) is 0 Å². The highest BCUT2D eigenvalue weighted by Crippen LogP contribution is 2.42. The topological polar surface area (TPSA) is 35.5 Å². The summed E-state index contributed by atoms with van der Waals surface area (Å²) in [6, 6.07) is 0. The Balaban J connectivity index is 2.31. The zero-order valence-corrected chi connectivity index (χ0v) is 7.87. The molecule has 0 heterocycles. The van der Waals surface area contributed by atoms with Crippen LogP contribution in [0.25, 0.3) is 0 Å². The first-order chi connectivity index (χ1) is 5.72. The van der Waals surface area contributed by atoms with Gasteiger partial charge in [-0.15, -0.1) is 0 Å². The minimum absolute atomic E-state index is 0.00935. The molecule has 3 atom stereocenters. The van der Waals surface area contributed by atoms with E-state index < -0.39 is 0 Å². The Kier molecular flexibility index (Phi) is 3.09. The molecule has 0 bridgehead atoms. The third-order valence-corrected chi connectivity index (χ3v) is 2.22. The average Bonchev–Trinajstić information content (AvgIpc) is 2.63. The predicted molar refractivity (Wildman–Crippen MR) is 44.7 cm³/mol. The van der Waals surface area contributed by atoms with Crippen LogP contribution in [0.3, 0.4) is 0 Å². The van der Waals surface area contributed by atoms with Gasteiger partial charge in [-0.05, 0) is 19.8 Å². The second-order valence-electron chi connectivity index (χ2n) is 3.06. The normalized spacial score (nSPS) is 33.1. The van der Waals surface area contributed by atoms with E-state index in [4.69, 9.17) is 9.47 Å². The number of carbonyl (C=O) groups is 1. The van der Waals surface area contributed by atoms with Crippen LogP contribution >= 0.6 is 0 Å². The van der Waals surface area contributed by atoms with Crippen molar-refractivity contribution in [3.8, 4) is 0 Å². The fourth-order valence-electron chi connectivity index (χ4n) is 1.46. The van der Waals surface area contributed by atoms with Crippen LogP contribution < -0.4 is 0 Å². The van der Waals surface area contributed by atoms with Crippen LogP contribution in [-0.2, 0) is 14.3 Å². The van der Waals surface area contributed by atoms with Crippen LogP contribution in [0.4, 0.5) is 0 Å². The SMILES string of the molecule is CCOC(=O)[C@H]1[C@H](C)[C@H]1OCC. The molecule has 1 fully saturated rings. The maximum Gasteiger partial charge on any atom is 0.311 e. The minimum atomic E-state index is -0.108. The van der Waals surface area contributed by atoms with E-state index in [9.17, 15) is 4.79 Å². The van der Waals surface area contributed by atoms with E-state index >= 15 is 0 Å². The highest BCUT2D eigenvalue weighted by molar-refractivity contribution is 5.77. The molecule has 0 aromatic rings. The van der Waals surface area contributed by atoms with E-state index in [1.165, 1.54) is 0 Å². The molecule has 0 radical (unpaired) electrons. The molecule has 70 valence electrons. The average molecular weight is 172 g/mol. The van der Waals surface area contributed by atoms with Gasteiger partial charge in [0, 0.05) is 6.61 Å². The zero-order valence-electron chi connectivity index (χ0n) is 7.87. The van der Waals surface area contributed by atoms with Crippen molar-refractivity contribution in [1.29, 1.82) is 0 Å². The summed E-state index contributed by atoms with van der Waals surface area (Å²) in [7, 11) is 0. The molecule has 0 aliphatic heterocycles. The smallest absolute Gasteiger partial charge is 0.311 e. The van der Waals surface area contributed by atoms with Crippen molar-refractivity contribution in [2.45, 2.75) is 26.9 Å². The predicted octanol–water partition coefficient (Wildman–Crippen LogP) is 1.22. The largest absolute Gasteiger partial charge is 0.466 e. The summed E-state index contributed by atoms with van der Waals surface area (Å²) >= 11 is 0. The van der Waals surface area contributed by atoms with Crippen molar-refractivity contribution >= 4 is 5.97 Å². The number of hydrogen-bond acceptors (Lipinski definition) is 3. The quantitative estimate of drug-likeness (QED) is 0.598. The van der Waals surface area contributed by atoms with Crippen molar-refractivity contribution in [3.05, 3.63) is 0 Å². The van der Waals surface area contributed by atoms with Gasteiger partial charge in [0.05, 0.1) is 18.6 Å². The molecule has 3 nitrogen and oxygen atoms in total. The summed E-state index contributed by atoms with van der Waals surface area (Å²) in [4.78, 5) is 11.2. The number of esters is 1. The van der Waals surface area contributed by atoms with E-state index in [1.807, 2.05) is 20.8 Å². The Labute approximate surface area is 73.0 Å². The molecule has 0 spiro atoms. The highest BCUT2D eigenvalue weighted by atomic mass is 16.5. The van der Waals surface area contributed by atoms with Crippen LogP contribution in [0.15, 0.2) is 0 Å². The minimum Gasteiger partial charge on any atom is -0.466 e. The van der Waals surface area contributed by atoms with Crippen molar-refractivity contribution < 1.29 is 14.3 Å². The van der Waals surface area contributed by atoms with Gasteiger partial charge in [0.1, 0.15) is 0 Å². The number of hydrogen-bond donors (Lipinski definition) is 0. The lowest BCUT2D eigenvalue weighted by atomic mass is 10.3. The lowest BCUT2D eigenvalue weighted by molar-refractivity contribution is -0.145. The second kappa shape index (κ2) is 3.90. The van der Waals surface area contributed by atoms with Gasteiger partial charge < -0.3 is 9.47 Å². The van der Waals surface area contributed by atoms with Crippen molar-refractivity contribution in [2.75, 3.05) is 13.2 Å². The molecular formula is C9H16O3. The summed E-state index contributed by atoms with van der Waals surface area (Å²) in [6.45, 7) is 6.90. The van der Waals surface area contributed by atoms with Crippen LogP contribution in [0.5, 0.6) is 0 Å². The molecule has 12 heavy (non-hydrogen) atoms. The second-order valence-corrected chi connectivity index (χ2v) is 3.06. The molecule has 1 rings (SSSR count). The number of ether oxygens (including phenoxy) is 2. The Bertz CT molecular complexity index is 167. The summed E-state index contributed by atoms with van der Waals surface area (Å²) in [6.07, 6.45) is 0.106. The first kappa shape index (κ1) is 9.52. The molecule has 1 saturated carbocycles. The molecule has 0 aromatic carbocycles. The van der Waals surface area contributed by atoms with Gasteiger partial charge in [-0.3, -0.25) is 4.79 Å². The van der Waals surface area contributed by atoms with E-state index in [0.29, 0.717) is 19.1 Å². The number of rotatable bonds is 4. The molecule has 0 aromatic heterocycles. The van der Waals surface area contributed by atoms with E-state index in [0.717, 1.165) is 0 Å². The Morgan fingerprint density at radius 2 is 2.00 bits per heavy atom. The Morgan fingerprint density at radius 3 is 2.50 bits per heavy atom. The maximum atomic E-state index is 11.2. The van der Waals surface area contributed by atoms with E-state index in [1.54, 1.807) is 0 Å². The standard InChI is InChI=1S/C9H16O3/c1-4-11-8-6(3)7(8)9(10)12-5-2/h6-8H,4-5H2,1-3H3/t6-,7-,8+/m0/s1. The zero-order chi connectivity index (χ0) is 9.14. The number of carbonyl (C=O) groups excluding carboxylic acids is 1. The van der Waals surface area contributed by atoms with Crippen molar-refractivity contribution in [2.24, 2.45) is 11.8 Å². The van der Waals surface area contributed by atoms with Gasteiger partial charge in [-0.1, -0.05) is 6.92 Å². The molecule has 3 heteroatoms. The molecule has 0 amide bonds. The Morgan fingerprint density at radius 1 is 1.33 bits per heavy atom. The molecule has 0 unspecified atom stereocenters. The third kappa shape index (κ3) is 1.78. The van der Waals surface area contributed by atoms with Gasteiger partial charge in [0.25, 0.3) is 0 Å². The Hall–Kier alpha value is -0.570. The first-order valence-corrected chi connectivity index (χ1v) is 4.50. The van der Waals surface area contributed by atoms with Crippen LogP contribution in [0.2, 0.25) is 0 Å². The first-order valence-electron chi connectivity index (χ1n) is 4.50. The van der Waals surface area contributed by atoms with Gasteiger partial charge in [-0.25, -0.2) is 0 Å². The lowest BCUT2D eigenvalue weighted by Crippen LogP contribution is -2.10. The van der Waals surface area contributed by atoms with E-state index in [2.05, 4.69) is 0 Å². The molecule has 1 aliphatic rings. The monoisotopic (exact) mass is 172 g/mol. The summed E-state index contributed by atoms with van der Waals surface area (Å²) < 4.78 is 10.2. The summed E-state index contributed by atoms with van der Waals surface area (Å²) in [5.41, 5.74) is 0. The maximum absolute atomic E-state index is 11.2. The van der Waals surface area contributed by atoms with Crippen molar-refractivity contribution in [1.82, 2.24) is 0 Å². The van der Waals surface area contributed by atoms with Crippen LogP contribution in [-0.4, -0.2) is 25.3 Å². The van der Waals surface area contributed by atoms with Gasteiger partial charge in [-0.2, -0.15) is 0 Å². The van der Waals surface area contributed by atoms with E-state index in [-0.39, 0.29) is 18.0 Å². The highest BCUT2D eigenvalue weighted by Gasteiger charge is 2.53. The lowest BCUT2D eigenvalue weighted by Gasteiger charge is -1.99. The summed E-state index contributed by atoms with van der Waals surface area (Å²) in [5, 5.41) is 0. The fourth-order valence-corrected chi connectivity index (χ4v) is 1.46. The molecule has 0 saturated heterocycles. The van der Waals surface area contributed by atoms with Gasteiger partial charge >= 0.3 is 5.97 Å². The van der Waals surface area contributed by atoms with Gasteiger partial charge in [0.15, 0.2) is 0 Å².